The number of carboxylic acids is 2. The zero-order valence-corrected chi connectivity index (χ0v) is 82.7. The van der Waals surface area contributed by atoms with Gasteiger partial charge in [-0.15, -0.1) is 0 Å². The van der Waals surface area contributed by atoms with Crippen molar-refractivity contribution in [3.05, 3.63) is 66.3 Å². The van der Waals surface area contributed by atoms with Crippen molar-refractivity contribution in [2.45, 2.75) is 260 Å². The van der Waals surface area contributed by atoms with Gasteiger partial charge in [-0.1, -0.05) is 53.7 Å². The number of phenols is 1. The van der Waals surface area contributed by atoms with Crippen molar-refractivity contribution in [2.75, 3.05) is 45.2 Å². The summed E-state index contributed by atoms with van der Waals surface area (Å²) in [7, 11) is 0. The summed E-state index contributed by atoms with van der Waals surface area (Å²) in [6.45, 7) is 6.37. The molecule has 0 bridgehead atoms. The number of likely N-dealkylation sites (tertiary alicyclic amines) is 1. The van der Waals surface area contributed by atoms with Crippen LogP contribution in [0.2, 0.25) is 0 Å². The number of carboxylic acid groups (broad SMARTS) is 2. The van der Waals surface area contributed by atoms with Gasteiger partial charge in [0, 0.05) is 50.4 Å². The number of nitrogens with one attached hydrogen (secondary N) is 20. The van der Waals surface area contributed by atoms with E-state index in [1.165, 1.54) is 77.0 Å². The Morgan fingerprint density at radius 3 is 1.25 bits per heavy atom. The fourth-order valence-electron chi connectivity index (χ4n) is 14.3. The summed E-state index contributed by atoms with van der Waals surface area (Å²) in [5.41, 5.74) is 23.1. The van der Waals surface area contributed by atoms with E-state index >= 15 is 0 Å². The molecule has 3 aromatic rings. The van der Waals surface area contributed by atoms with Gasteiger partial charge in [-0.2, -0.15) is 12.6 Å². The number of primary amides is 3. The Morgan fingerprint density at radius 2 is 0.803 bits per heavy atom. The molecular weight excluding hydrogens is 1970 g/mol. The molecule has 0 aliphatic carbocycles. The highest BCUT2D eigenvalue weighted by Crippen LogP contribution is 2.22. The number of carbonyl (C=O) groups excluding carboxylic acids is 22. The molecule has 1 aliphatic rings. The van der Waals surface area contributed by atoms with E-state index in [1.807, 2.05) is 0 Å². The zero-order valence-electron chi connectivity index (χ0n) is 81.8. The smallest absolute Gasteiger partial charge is 0.325 e. The molecule has 3 heterocycles. The number of aliphatic hydroxyl groups excluding tert-OH is 5. The summed E-state index contributed by atoms with van der Waals surface area (Å²) in [5, 5.41) is 122. The Morgan fingerprint density at radius 1 is 0.422 bits per heavy atom. The Kier molecular flexibility index (Phi) is 51.7. The van der Waals surface area contributed by atoms with Gasteiger partial charge in [0.1, 0.15) is 108 Å². The van der Waals surface area contributed by atoms with Crippen molar-refractivity contribution >= 4 is 155 Å². The molecule has 20 atom stereocenters. The van der Waals surface area contributed by atoms with Crippen molar-refractivity contribution in [3.63, 3.8) is 0 Å². The molecule has 0 spiro atoms. The number of hydrogen-bond donors (Lipinski definition) is 33. The van der Waals surface area contributed by atoms with Crippen LogP contribution in [0.5, 0.6) is 5.75 Å². The van der Waals surface area contributed by atoms with Crippen LogP contribution in [0, 0.1) is 17.8 Å². The summed E-state index contributed by atoms with van der Waals surface area (Å²) in [4.78, 5) is 338. The second-order valence-corrected chi connectivity index (χ2v) is 35.9. The van der Waals surface area contributed by atoms with Gasteiger partial charge < -0.3 is 174 Å². The zero-order chi connectivity index (χ0) is 111. The largest absolute Gasteiger partial charge is 0.508 e. The van der Waals surface area contributed by atoms with Gasteiger partial charge in [0.2, 0.25) is 130 Å². The number of aromatic amines is 2. The summed E-state index contributed by atoms with van der Waals surface area (Å²) < 4.78 is 0. The molecule has 59 nitrogen and oxygen atoms in total. The van der Waals surface area contributed by atoms with Gasteiger partial charge >= 0.3 is 11.9 Å². The lowest BCUT2D eigenvalue weighted by molar-refractivity contribution is -0.143. The maximum Gasteiger partial charge on any atom is 0.325 e. The second-order valence-electron chi connectivity index (χ2n) is 35.5. The predicted octanol–water partition coefficient (Wildman–Crippen LogP) is -14.8. The number of hydrogen-bond acceptors (Lipinski definition) is 34. The number of aromatic hydroxyl groups is 1. The maximum atomic E-state index is 14.7. The molecule has 0 unspecified atom stereocenters. The fourth-order valence-corrected chi connectivity index (χ4v) is 14.5. The molecule has 22 amide bonds. The third kappa shape index (κ3) is 42.2. The number of thiol groups is 1. The lowest BCUT2D eigenvalue weighted by atomic mass is 9.99. The molecule has 147 heavy (non-hydrogen) atoms. The van der Waals surface area contributed by atoms with Crippen molar-refractivity contribution < 1.29 is 156 Å². The minimum absolute atomic E-state index is 0.0481. The van der Waals surface area contributed by atoms with Gasteiger partial charge in [-0.3, -0.25) is 115 Å². The van der Waals surface area contributed by atoms with E-state index in [-0.39, 0.29) is 62.2 Å². The first-order valence-corrected chi connectivity index (χ1v) is 46.9. The average Bonchev–Trinajstić information content (AvgIpc) is 1.73. The van der Waals surface area contributed by atoms with Crippen LogP contribution in [-0.2, 0) is 134 Å². The Balaban J connectivity index is 1.44. The van der Waals surface area contributed by atoms with Crippen LogP contribution in [0.4, 0.5) is 0 Å². The number of imidazole rings is 2. The quantitative estimate of drug-likeness (QED) is 0.0233. The van der Waals surface area contributed by atoms with Gasteiger partial charge in [-0.05, 0) is 94.7 Å². The Bertz CT molecular complexity index is 5090. The van der Waals surface area contributed by atoms with E-state index in [9.17, 15) is 156 Å². The van der Waals surface area contributed by atoms with Crippen LogP contribution in [-0.4, -0.2) is 374 Å². The van der Waals surface area contributed by atoms with Gasteiger partial charge in [0.05, 0.1) is 88.0 Å². The number of carbonyl (C=O) groups is 24. The molecule has 60 heteroatoms. The van der Waals surface area contributed by atoms with Crippen LogP contribution in [0.15, 0.2) is 49.3 Å². The number of nitrogens with two attached hydrogens (primary N) is 4. The van der Waals surface area contributed by atoms with E-state index < -0.39 is 358 Å². The summed E-state index contributed by atoms with van der Waals surface area (Å²) in [6, 6.07) is -25.4. The first-order valence-electron chi connectivity index (χ1n) is 46.3. The normalized spacial score (nSPS) is 16.1. The number of aliphatic hydroxyl groups is 5. The van der Waals surface area contributed by atoms with Gasteiger partial charge in [0.15, 0.2) is 0 Å². The lowest BCUT2D eigenvalue weighted by Crippen LogP contribution is -2.62. The summed E-state index contributed by atoms with van der Waals surface area (Å²) in [6.07, 6.45) is -3.69. The van der Waals surface area contributed by atoms with Crippen molar-refractivity contribution in [1.82, 2.24) is 121 Å². The molecule has 0 saturated carbocycles. The minimum atomic E-state index is -2.03. The third-order valence-corrected chi connectivity index (χ3v) is 22.6. The number of benzene rings is 1. The molecular formula is C87H133N27O32S. The highest BCUT2D eigenvalue weighted by Gasteiger charge is 2.44. The summed E-state index contributed by atoms with van der Waals surface area (Å²) >= 11 is 4.17. The number of aromatic nitrogens is 4. The Labute approximate surface area is 845 Å². The van der Waals surface area contributed by atoms with Crippen LogP contribution >= 0.6 is 12.6 Å². The lowest BCUT2D eigenvalue weighted by Gasteiger charge is -2.31. The van der Waals surface area contributed by atoms with E-state index in [0.29, 0.717) is 5.56 Å². The molecule has 2 aromatic heterocycles. The highest BCUT2D eigenvalue weighted by atomic mass is 32.1. The SMILES string of the molecule is CC(C)C[C@H](NC(=O)[C@H](CC(N)=O)NC(=O)[C@H](CO)NC(=O)[C@@H](NC(=O)[C@H](CO)NC(=O)[C@H](CO)NC(=O)CNC(=O)[C@H](CCC(N)=O)NC(=O)[C@@H](N)Cc1ccc(O)cc1)C(C)C)C(=O)N[C@@H](Cc1c[nH]cn1)C(=O)N[C@H](C(=O)N[C@@H](CCC(=O)O)C(=O)N1CCC[C@H]1C(=O)N[C@@H](CS)C(=O)NCC(=O)N[C@H](C(=O)N[C@@H](CC(N)=O)C(=O)N[C@H](C(=O)N[C@@H](Cc1c[nH]cn1)C(=O)N[C@@H](C)C(=O)O)[C@@H](C)O)[C@@H](C)O)C(C)C. The molecule has 1 aromatic carbocycles. The number of H-pyrrole nitrogens is 2. The maximum absolute atomic E-state index is 14.7. The average molecular weight is 2100 g/mol. The third-order valence-electron chi connectivity index (χ3n) is 22.3. The standard InChI is InChI=1S/C87H133N27O32S/c1-37(2)21-50(102-75(133)53(25-61(90)122)104-79(137)56(32-116)108-83(141)67(39(5)6)112-80(138)57(33-117)107-78(136)55(31-115)99-63(124)29-94-71(129)48(16-18-60(89)121)100-70(128)47(88)22-43-12-14-46(120)15-13-43)74(132)103-52(24-45-28-93-36-97-45)76(134)111-66(38(3)4)82(140)101-49(17-19-65(126)127)86(144)114-20-10-11-59(114)81(139)109-58(34-147)72(130)95-30-64(125)110-68(41(8)118)84(142)106-54(26-62(91)123)77(135)113-69(42(9)119)85(143)105-51(23-44-27-92-35-96-44)73(131)98-40(7)87(145)146/h12-15,27-28,35-42,47-59,66-69,115-120,147H,10-11,16-26,29-34,88H2,1-9H3,(H2,89,121)(H2,90,122)(H2,91,123)(H,92,96)(H,93,97)(H,94,129)(H,95,130)(H,98,131)(H,99,124)(H,100,128)(H,101,140)(H,102,133)(H,103,132)(H,104,137)(H,105,143)(H,106,142)(H,107,136)(H,108,141)(H,109,139)(H,110,125)(H,111,134)(H,112,138)(H,113,135)(H,126,127)(H,145,146)/t40-,41+,42+,47-,48-,49-,50-,51-,52-,53-,54-,55-,56-,57-,58-,59-,66-,67-,68-,69-/m0/s1. The van der Waals surface area contributed by atoms with E-state index in [4.69, 9.17) is 22.9 Å². The molecule has 1 saturated heterocycles. The van der Waals surface area contributed by atoms with E-state index in [0.717, 1.165) is 25.7 Å². The molecule has 0 radical (unpaired) electrons. The van der Waals surface area contributed by atoms with Gasteiger partial charge in [-0.25, -0.2) is 9.97 Å². The van der Waals surface area contributed by atoms with Crippen molar-refractivity contribution in [2.24, 2.45) is 40.7 Å². The van der Waals surface area contributed by atoms with Gasteiger partial charge in [0.25, 0.3) is 0 Å². The van der Waals surface area contributed by atoms with Crippen molar-refractivity contribution in [3.8, 4) is 5.75 Å². The van der Waals surface area contributed by atoms with Crippen LogP contribution in [0.1, 0.15) is 137 Å². The first-order chi connectivity index (χ1) is 69.0. The monoisotopic (exact) mass is 2100 g/mol. The topological polar surface area (TPSA) is 953 Å². The second kappa shape index (κ2) is 61.2. The van der Waals surface area contributed by atoms with E-state index in [2.05, 4.69) is 128 Å². The molecule has 814 valence electrons. The molecule has 4 rings (SSSR count). The molecule has 1 fully saturated rings. The van der Waals surface area contributed by atoms with Crippen molar-refractivity contribution in [1.29, 1.82) is 0 Å². The predicted molar refractivity (Wildman–Crippen MR) is 510 cm³/mol. The number of rotatable bonds is 64. The number of aliphatic carboxylic acids is 2. The van der Waals surface area contributed by atoms with Crippen LogP contribution in [0.25, 0.3) is 0 Å². The first kappa shape index (κ1) is 124. The molecule has 36 N–H and O–H groups in total. The Hall–Kier alpha value is -15.2. The summed E-state index contributed by atoms with van der Waals surface area (Å²) in [5.74, 6) is -31.1. The number of phenolic OH excluding ortho intramolecular Hbond substituents is 1. The number of amides is 22. The van der Waals surface area contributed by atoms with Crippen LogP contribution in [0.3, 0.4) is 0 Å². The fraction of sp³-hybridized carbons (Fsp3) is 0.586. The minimum Gasteiger partial charge on any atom is -0.508 e. The van der Waals surface area contributed by atoms with E-state index in [1.54, 1.807) is 13.8 Å². The van der Waals surface area contributed by atoms with Crippen LogP contribution < -0.4 is 119 Å². The molecule has 1 aliphatic heterocycles. The number of nitrogens with zero attached hydrogens (tertiary/aromatic N) is 3. The highest BCUT2D eigenvalue weighted by molar-refractivity contribution is 7.80.